The second-order valence-electron chi connectivity index (χ2n) is 8.06. The van der Waals surface area contributed by atoms with E-state index >= 15 is 0 Å². The Balaban J connectivity index is 1.60. The monoisotopic (exact) mass is 403 g/mol. The third-order valence-electron chi connectivity index (χ3n) is 6.06. The Bertz CT molecular complexity index is 1250. The van der Waals surface area contributed by atoms with Gasteiger partial charge in [-0.15, -0.1) is 0 Å². The average Bonchev–Trinajstić information content (AvgIpc) is 3.24. The first-order valence-corrected chi connectivity index (χ1v) is 10.3. The molecule has 4 aromatic rings. The Morgan fingerprint density at radius 1 is 1.17 bits per heavy atom. The number of piperidine rings is 1. The van der Waals surface area contributed by atoms with Gasteiger partial charge in [-0.1, -0.05) is 18.2 Å². The van der Waals surface area contributed by atoms with Gasteiger partial charge in [0.25, 0.3) is 5.56 Å². The number of H-pyrrole nitrogens is 1. The van der Waals surface area contributed by atoms with Crippen LogP contribution >= 0.6 is 0 Å². The maximum Gasteiger partial charge on any atom is 0.258 e. The maximum absolute atomic E-state index is 13.5. The summed E-state index contributed by atoms with van der Waals surface area (Å²) in [5.41, 5.74) is 2.43. The standard InChI is InChI=1S/C22H25N7O/c1-14(27-21-19-20(24-12-23-19)25-13-26-21)18-11-15-5-3-4-6-17(15)22(30)29(18)16-7-9-28(2)10-8-16/h3-6,11-14,16H,7-10H2,1-2H3,(H2,23,24,25,26,27). The fourth-order valence-corrected chi connectivity index (χ4v) is 4.41. The van der Waals surface area contributed by atoms with Gasteiger partial charge in [-0.3, -0.25) is 4.79 Å². The van der Waals surface area contributed by atoms with Gasteiger partial charge in [0.1, 0.15) is 11.8 Å². The number of hydrogen-bond acceptors (Lipinski definition) is 6. The minimum atomic E-state index is -0.122. The van der Waals surface area contributed by atoms with Gasteiger partial charge in [0.2, 0.25) is 0 Å². The Morgan fingerprint density at radius 3 is 2.80 bits per heavy atom. The first-order valence-electron chi connectivity index (χ1n) is 10.3. The van der Waals surface area contributed by atoms with E-state index in [4.69, 9.17) is 0 Å². The largest absolute Gasteiger partial charge is 0.360 e. The number of nitrogens with one attached hydrogen (secondary N) is 2. The molecule has 5 rings (SSSR count). The van der Waals surface area contributed by atoms with Crippen molar-refractivity contribution in [1.29, 1.82) is 0 Å². The van der Waals surface area contributed by atoms with Gasteiger partial charge in [0, 0.05) is 17.1 Å². The summed E-state index contributed by atoms with van der Waals surface area (Å²) in [6.45, 7) is 4.05. The van der Waals surface area contributed by atoms with Crippen LogP contribution in [0.15, 0.2) is 47.8 Å². The summed E-state index contributed by atoms with van der Waals surface area (Å²) in [4.78, 5) is 31.7. The van der Waals surface area contributed by atoms with Crippen molar-refractivity contribution < 1.29 is 0 Å². The fraction of sp³-hybridized carbons (Fsp3) is 0.364. The lowest BCUT2D eigenvalue weighted by Crippen LogP contribution is -2.37. The summed E-state index contributed by atoms with van der Waals surface area (Å²) in [5.74, 6) is 0.681. The highest BCUT2D eigenvalue weighted by molar-refractivity contribution is 5.83. The number of fused-ring (bicyclic) bond motifs is 2. The van der Waals surface area contributed by atoms with Crippen molar-refractivity contribution in [2.24, 2.45) is 0 Å². The molecule has 1 saturated heterocycles. The molecule has 2 N–H and O–H groups in total. The summed E-state index contributed by atoms with van der Waals surface area (Å²) in [6.07, 6.45) is 5.04. The molecule has 1 aliphatic heterocycles. The highest BCUT2D eigenvalue weighted by Crippen LogP contribution is 2.29. The zero-order valence-electron chi connectivity index (χ0n) is 17.2. The molecule has 0 amide bonds. The first kappa shape index (κ1) is 18.7. The summed E-state index contributed by atoms with van der Waals surface area (Å²) >= 11 is 0. The molecule has 4 heterocycles. The minimum absolute atomic E-state index is 0.0840. The summed E-state index contributed by atoms with van der Waals surface area (Å²) < 4.78 is 2.01. The van der Waals surface area contributed by atoms with Gasteiger partial charge in [-0.2, -0.15) is 0 Å². The van der Waals surface area contributed by atoms with E-state index in [-0.39, 0.29) is 17.6 Å². The van der Waals surface area contributed by atoms with Crippen LogP contribution in [0.4, 0.5) is 5.82 Å². The number of aromatic amines is 1. The van der Waals surface area contributed by atoms with Crippen molar-refractivity contribution in [3.63, 3.8) is 0 Å². The van der Waals surface area contributed by atoms with Gasteiger partial charge in [-0.05, 0) is 57.4 Å². The van der Waals surface area contributed by atoms with E-state index in [1.165, 1.54) is 6.33 Å². The second kappa shape index (κ2) is 7.53. The third-order valence-corrected chi connectivity index (χ3v) is 6.06. The lowest BCUT2D eigenvalue weighted by molar-refractivity contribution is 0.216. The predicted molar refractivity (Wildman–Crippen MR) is 118 cm³/mol. The van der Waals surface area contributed by atoms with E-state index in [1.54, 1.807) is 6.33 Å². The van der Waals surface area contributed by atoms with Crippen molar-refractivity contribution >= 4 is 27.8 Å². The van der Waals surface area contributed by atoms with Gasteiger partial charge in [0.05, 0.1) is 12.4 Å². The van der Waals surface area contributed by atoms with Crippen LogP contribution in [-0.2, 0) is 0 Å². The molecule has 154 valence electrons. The van der Waals surface area contributed by atoms with Gasteiger partial charge in [-0.25, -0.2) is 15.0 Å². The quantitative estimate of drug-likeness (QED) is 0.544. The van der Waals surface area contributed by atoms with Gasteiger partial charge in [0.15, 0.2) is 11.5 Å². The molecule has 30 heavy (non-hydrogen) atoms. The molecule has 0 saturated carbocycles. The Hall–Kier alpha value is -3.26. The Kier molecular flexibility index (Phi) is 4.71. The maximum atomic E-state index is 13.5. The normalized spacial score (nSPS) is 16.9. The highest BCUT2D eigenvalue weighted by Gasteiger charge is 2.25. The second-order valence-corrected chi connectivity index (χ2v) is 8.06. The predicted octanol–water partition coefficient (Wildman–Crippen LogP) is 3.11. The summed E-state index contributed by atoms with van der Waals surface area (Å²) in [6, 6.07) is 10.0. The molecule has 8 nitrogen and oxygen atoms in total. The number of hydrogen-bond donors (Lipinski definition) is 2. The molecular weight excluding hydrogens is 378 g/mol. The van der Waals surface area contributed by atoms with Crippen LogP contribution in [0.5, 0.6) is 0 Å². The van der Waals surface area contributed by atoms with Gasteiger partial charge < -0.3 is 19.8 Å². The number of anilines is 1. The fourth-order valence-electron chi connectivity index (χ4n) is 4.41. The van der Waals surface area contributed by atoms with E-state index in [0.29, 0.717) is 11.5 Å². The number of imidazole rings is 1. The van der Waals surface area contributed by atoms with E-state index in [2.05, 4.69) is 50.2 Å². The van der Waals surface area contributed by atoms with E-state index in [0.717, 1.165) is 47.9 Å². The topological polar surface area (TPSA) is 91.7 Å². The van der Waals surface area contributed by atoms with Crippen LogP contribution in [-0.4, -0.2) is 49.5 Å². The molecular formula is C22H25N7O. The van der Waals surface area contributed by atoms with E-state index in [1.807, 2.05) is 28.8 Å². The molecule has 1 fully saturated rings. The number of nitrogens with zero attached hydrogens (tertiary/aromatic N) is 5. The van der Waals surface area contributed by atoms with Crippen LogP contribution in [0, 0.1) is 0 Å². The van der Waals surface area contributed by atoms with Crippen LogP contribution in [0.1, 0.15) is 37.5 Å². The van der Waals surface area contributed by atoms with E-state index in [9.17, 15) is 4.79 Å². The third kappa shape index (κ3) is 3.23. The lowest BCUT2D eigenvalue weighted by Gasteiger charge is -2.33. The van der Waals surface area contributed by atoms with Crippen molar-refractivity contribution in [2.75, 3.05) is 25.5 Å². The summed E-state index contributed by atoms with van der Waals surface area (Å²) in [7, 11) is 2.13. The first-order chi connectivity index (χ1) is 14.6. The number of rotatable bonds is 4. The molecule has 1 aliphatic rings. The molecule has 8 heteroatoms. The smallest absolute Gasteiger partial charge is 0.258 e. The number of likely N-dealkylation sites (tertiary alicyclic amines) is 1. The van der Waals surface area contributed by atoms with E-state index < -0.39 is 0 Å². The molecule has 1 atom stereocenters. The Morgan fingerprint density at radius 2 is 1.97 bits per heavy atom. The number of pyridine rings is 1. The Labute approximate surface area is 174 Å². The van der Waals surface area contributed by atoms with Crippen molar-refractivity contribution in [2.45, 2.75) is 31.8 Å². The number of aromatic nitrogens is 5. The zero-order valence-corrected chi connectivity index (χ0v) is 17.2. The van der Waals surface area contributed by atoms with Crippen molar-refractivity contribution in [3.8, 4) is 0 Å². The molecule has 0 bridgehead atoms. The molecule has 1 unspecified atom stereocenters. The number of benzene rings is 1. The van der Waals surface area contributed by atoms with Crippen LogP contribution < -0.4 is 10.9 Å². The molecule has 3 aromatic heterocycles. The summed E-state index contributed by atoms with van der Waals surface area (Å²) in [5, 5.41) is 5.21. The van der Waals surface area contributed by atoms with Gasteiger partial charge >= 0.3 is 0 Å². The van der Waals surface area contributed by atoms with Crippen molar-refractivity contribution in [3.05, 3.63) is 59.0 Å². The van der Waals surface area contributed by atoms with Crippen LogP contribution in [0.2, 0.25) is 0 Å². The van der Waals surface area contributed by atoms with Crippen LogP contribution in [0.25, 0.3) is 21.9 Å². The molecule has 0 spiro atoms. The van der Waals surface area contributed by atoms with Crippen molar-refractivity contribution in [1.82, 2.24) is 29.4 Å². The SMILES string of the molecule is CC(Nc1ncnc2nc[nH]c12)c1cc2ccccc2c(=O)n1C1CCN(C)CC1. The lowest BCUT2D eigenvalue weighted by atomic mass is 10.0. The molecule has 0 radical (unpaired) electrons. The molecule has 1 aromatic carbocycles. The van der Waals surface area contributed by atoms with Crippen LogP contribution in [0.3, 0.4) is 0 Å². The minimum Gasteiger partial charge on any atom is -0.360 e. The molecule has 0 aliphatic carbocycles. The zero-order chi connectivity index (χ0) is 20.7. The highest BCUT2D eigenvalue weighted by atomic mass is 16.1. The average molecular weight is 403 g/mol.